The van der Waals surface area contributed by atoms with Crippen LogP contribution in [0.1, 0.15) is 60.9 Å². The minimum absolute atomic E-state index is 0.0908. The molecule has 0 unspecified atom stereocenters. The summed E-state index contributed by atoms with van der Waals surface area (Å²) < 4.78 is 46.4. The van der Waals surface area contributed by atoms with Crippen LogP contribution < -0.4 is 4.90 Å². The molecule has 2 aromatic carbocycles. The summed E-state index contributed by atoms with van der Waals surface area (Å²) in [6.07, 6.45) is 8.54. The van der Waals surface area contributed by atoms with Crippen LogP contribution in [0.5, 0.6) is 0 Å². The number of piperidine rings is 1. The first-order chi connectivity index (χ1) is 17.0. The topological polar surface area (TPSA) is 71.3 Å². The maximum absolute atomic E-state index is 15.3. The first kappa shape index (κ1) is 22.7. The van der Waals surface area contributed by atoms with Gasteiger partial charge >= 0.3 is 0 Å². The van der Waals surface area contributed by atoms with E-state index in [9.17, 15) is 8.42 Å². The Balaban J connectivity index is 1.19. The minimum Gasteiger partial charge on any atom is -0.371 e. The summed E-state index contributed by atoms with van der Waals surface area (Å²) in [4.78, 5) is 2.19. The van der Waals surface area contributed by atoms with Gasteiger partial charge in [-0.25, -0.2) is 12.8 Å². The Hall–Kier alpha value is -2.78. The molecule has 35 heavy (non-hydrogen) atoms. The summed E-state index contributed by atoms with van der Waals surface area (Å²) >= 11 is 0. The first-order valence-electron chi connectivity index (χ1n) is 12.4. The van der Waals surface area contributed by atoms with Gasteiger partial charge in [-0.15, -0.1) is 10.2 Å². The van der Waals surface area contributed by atoms with Gasteiger partial charge in [0.05, 0.1) is 0 Å². The Kier molecular flexibility index (Phi) is 5.64. The van der Waals surface area contributed by atoms with E-state index in [1.807, 2.05) is 41.0 Å². The van der Waals surface area contributed by atoms with E-state index < -0.39 is 15.3 Å². The zero-order chi connectivity index (χ0) is 24.0. The molecular weight excluding hydrogens is 465 g/mol. The van der Waals surface area contributed by atoms with Crippen molar-refractivity contribution in [2.45, 2.75) is 61.9 Å². The SMILES string of the molecule is O=S1(=O)[C@@H](c2ccccc2)CCC2(CC2)N1Cc1ccc(N2CCC(n3cnnc3)CC2)cc1F. The molecule has 1 aromatic heterocycles. The third kappa shape index (κ3) is 4.14. The second-order valence-electron chi connectivity index (χ2n) is 10.1. The molecule has 1 saturated carbocycles. The first-order valence-corrected chi connectivity index (χ1v) is 13.9. The van der Waals surface area contributed by atoms with E-state index in [4.69, 9.17) is 0 Å². The van der Waals surface area contributed by atoms with E-state index in [0.717, 1.165) is 56.4 Å². The van der Waals surface area contributed by atoms with E-state index in [0.29, 0.717) is 18.0 Å². The highest BCUT2D eigenvalue weighted by Crippen LogP contribution is 2.55. The average molecular weight is 496 g/mol. The van der Waals surface area contributed by atoms with Crippen LogP contribution in [0.2, 0.25) is 0 Å². The maximum Gasteiger partial charge on any atom is 0.221 e. The summed E-state index contributed by atoms with van der Waals surface area (Å²) in [5.74, 6) is -0.337. The number of anilines is 1. The lowest BCUT2D eigenvalue weighted by Crippen LogP contribution is -2.48. The van der Waals surface area contributed by atoms with E-state index in [2.05, 4.69) is 15.1 Å². The fourth-order valence-electron chi connectivity index (χ4n) is 5.84. The molecule has 7 nitrogen and oxygen atoms in total. The summed E-state index contributed by atoms with van der Waals surface area (Å²) in [5, 5.41) is 7.22. The van der Waals surface area contributed by atoms with Crippen molar-refractivity contribution in [1.29, 1.82) is 0 Å². The Morgan fingerprint density at radius 1 is 0.943 bits per heavy atom. The monoisotopic (exact) mass is 495 g/mol. The van der Waals surface area contributed by atoms with Gasteiger partial charge in [-0.1, -0.05) is 36.4 Å². The number of rotatable bonds is 5. The van der Waals surface area contributed by atoms with Gasteiger partial charge in [-0.3, -0.25) is 0 Å². The molecule has 184 valence electrons. The van der Waals surface area contributed by atoms with Crippen molar-refractivity contribution in [3.63, 3.8) is 0 Å². The molecule has 3 fully saturated rings. The van der Waals surface area contributed by atoms with Crippen LogP contribution in [0.25, 0.3) is 0 Å². The van der Waals surface area contributed by atoms with E-state index in [1.165, 1.54) is 0 Å². The van der Waals surface area contributed by atoms with Crippen LogP contribution in [0, 0.1) is 5.82 Å². The number of hydrogen-bond acceptors (Lipinski definition) is 5. The minimum atomic E-state index is -3.59. The van der Waals surface area contributed by atoms with Crippen molar-refractivity contribution in [2.75, 3.05) is 18.0 Å². The average Bonchev–Trinajstić information content (AvgIpc) is 3.42. The summed E-state index contributed by atoms with van der Waals surface area (Å²) in [6, 6.07) is 15.1. The maximum atomic E-state index is 15.3. The molecular formula is C26H30FN5O2S. The highest BCUT2D eigenvalue weighted by atomic mass is 32.2. The lowest BCUT2D eigenvalue weighted by molar-refractivity contribution is 0.243. The third-order valence-corrected chi connectivity index (χ3v) is 10.5. The standard InChI is InChI=1S/C26H30FN5O2S/c27-24-16-23(30-14-9-22(10-15-30)31-18-28-29-19-31)7-6-21(24)17-32-26(12-13-26)11-8-25(35(32,33)34)20-4-2-1-3-5-20/h1-7,16,18-19,22,25H,8-15,17H2/t25-/m1/s1. The molecule has 0 bridgehead atoms. The number of aromatic nitrogens is 3. The van der Waals surface area contributed by atoms with Crippen molar-refractivity contribution in [2.24, 2.45) is 0 Å². The van der Waals surface area contributed by atoms with Gasteiger partial charge < -0.3 is 9.47 Å². The van der Waals surface area contributed by atoms with Gasteiger partial charge in [0.1, 0.15) is 23.7 Å². The molecule has 3 aromatic rings. The molecule has 0 amide bonds. The van der Waals surface area contributed by atoms with Gasteiger partial charge in [-0.2, -0.15) is 4.31 Å². The van der Waals surface area contributed by atoms with Crippen molar-refractivity contribution >= 4 is 15.7 Å². The summed E-state index contributed by atoms with van der Waals surface area (Å²) in [7, 11) is -3.59. The second kappa shape index (κ2) is 8.71. The highest BCUT2D eigenvalue weighted by molar-refractivity contribution is 7.89. The third-order valence-electron chi connectivity index (χ3n) is 8.10. The molecule has 2 aliphatic heterocycles. The largest absolute Gasteiger partial charge is 0.371 e. The van der Waals surface area contributed by atoms with Crippen LogP contribution in [-0.2, 0) is 16.6 Å². The van der Waals surface area contributed by atoms with Crippen molar-refractivity contribution in [3.05, 3.63) is 78.1 Å². The lowest BCUT2D eigenvalue weighted by atomic mass is 10.0. The quantitative estimate of drug-likeness (QED) is 0.523. The zero-order valence-electron chi connectivity index (χ0n) is 19.6. The molecule has 0 radical (unpaired) electrons. The number of benzene rings is 2. The predicted molar refractivity (Wildman–Crippen MR) is 132 cm³/mol. The normalized spacial score (nSPS) is 24.0. The Labute approximate surface area is 205 Å². The van der Waals surface area contributed by atoms with Gasteiger partial charge in [-0.05, 0) is 56.2 Å². The van der Waals surface area contributed by atoms with Crippen LogP contribution in [0.4, 0.5) is 10.1 Å². The van der Waals surface area contributed by atoms with Gasteiger partial charge in [0, 0.05) is 42.5 Å². The number of sulfonamides is 1. The van der Waals surface area contributed by atoms with E-state index in [1.54, 1.807) is 29.1 Å². The number of nitrogens with zero attached hydrogens (tertiary/aromatic N) is 5. The fourth-order valence-corrected chi connectivity index (χ4v) is 8.20. The molecule has 6 rings (SSSR count). The lowest BCUT2D eigenvalue weighted by Gasteiger charge is -2.40. The Morgan fingerprint density at radius 2 is 1.66 bits per heavy atom. The van der Waals surface area contributed by atoms with Crippen LogP contribution in [0.15, 0.2) is 61.2 Å². The number of halogens is 1. The molecule has 1 atom stereocenters. The smallest absolute Gasteiger partial charge is 0.221 e. The molecule has 3 heterocycles. The Morgan fingerprint density at radius 3 is 2.31 bits per heavy atom. The van der Waals surface area contributed by atoms with Crippen LogP contribution >= 0.6 is 0 Å². The predicted octanol–water partition coefficient (Wildman–Crippen LogP) is 4.46. The summed E-state index contributed by atoms with van der Waals surface area (Å²) in [5.41, 5.74) is 1.77. The highest BCUT2D eigenvalue weighted by Gasteiger charge is 2.57. The molecule has 1 spiro atoms. The van der Waals surface area contributed by atoms with Gasteiger partial charge in [0.2, 0.25) is 10.0 Å². The van der Waals surface area contributed by atoms with E-state index in [-0.39, 0.29) is 17.9 Å². The second-order valence-corrected chi connectivity index (χ2v) is 12.2. The number of hydrogen-bond donors (Lipinski definition) is 0. The molecule has 2 saturated heterocycles. The van der Waals surface area contributed by atoms with E-state index >= 15 is 4.39 Å². The van der Waals surface area contributed by atoms with Crippen molar-refractivity contribution < 1.29 is 12.8 Å². The zero-order valence-corrected chi connectivity index (χ0v) is 20.4. The molecule has 0 N–H and O–H groups in total. The van der Waals surface area contributed by atoms with Gasteiger partial charge in [0.15, 0.2) is 0 Å². The fraction of sp³-hybridized carbons (Fsp3) is 0.462. The van der Waals surface area contributed by atoms with Crippen molar-refractivity contribution in [1.82, 2.24) is 19.1 Å². The molecule has 1 aliphatic carbocycles. The Bertz CT molecular complexity index is 1290. The van der Waals surface area contributed by atoms with Crippen LogP contribution in [-0.4, -0.2) is 46.1 Å². The van der Waals surface area contributed by atoms with Gasteiger partial charge in [0.25, 0.3) is 0 Å². The van der Waals surface area contributed by atoms with Crippen LogP contribution in [0.3, 0.4) is 0 Å². The molecule has 3 aliphatic rings. The van der Waals surface area contributed by atoms with Crippen molar-refractivity contribution in [3.8, 4) is 0 Å². The molecule has 9 heteroatoms. The summed E-state index contributed by atoms with van der Waals surface area (Å²) in [6.45, 7) is 1.74.